The molecular formula is C24H29ClN4O4. The second-order valence-corrected chi connectivity index (χ2v) is 8.91. The van der Waals surface area contributed by atoms with E-state index in [1.807, 2.05) is 40.1 Å². The number of piperazine rings is 1. The molecule has 1 amide bonds. The Morgan fingerprint density at radius 2 is 1.67 bits per heavy atom. The van der Waals surface area contributed by atoms with Crippen molar-refractivity contribution in [3.8, 4) is 5.75 Å². The van der Waals surface area contributed by atoms with E-state index in [-0.39, 0.29) is 22.4 Å². The molecule has 0 spiro atoms. The summed E-state index contributed by atoms with van der Waals surface area (Å²) in [5.41, 5.74) is 0.765. The highest BCUT2D eigenvalue weighted by molar-refractivity contribution is 6.30. The Kier molecular flexibility index (Phi) is 7.67. The predicted octanol–water partition coefficient (Wildman–Crippen LogP) is 3.69. The largest absolute Gasteiger partial charge is 0.492 e. The summed E-state index contributed by atoms with van der Waals surface area (Å²) in [7, 11) is 0. The molecule has 2 heterocycles. The van der Waals surface area contributed by atoms with Crippen molar-refractivity contribution in [1.29, 1.82) is 0 Å². The minimum Gasteiger partial charge on any atom is -0.492 e. The molecular weight excluding hydrogens is 444 g/mol. The summed E-state index contributed by atoms with van der Waals surface area (Å²) in [5, 5.41) is 12.0. The molecule has 2 aromatic rings. The minimum atomic E-state index is -0.341. The number of rotatable bonds is 7. The topological polar surface area (TPSA) is 79.2 Å². The van der Waals surface area contributed by atoms with E-state index in [2.05, 4.69) is 4.90 Å². The number of nitro groups is 1. The van der Waals surface area contributed by atoms with Crippen molar-refractivity contribution in [2.45, 2.75) is 12.8 Å². The monoisotopic (exact) mass is 472 g/mol. The van der Waals surface area contributed by atoms with Gasteiger partial charge >= 0.3 is 0 Å². The van der Waals surface area contributed by atoms with Gasteiger partial charge in [0.05, 0.1) is 4.92 Å². The summed E-state index contributed by atoms with van der Waals surface area (Å²) in [6.45, 7) is 5.86. The summed E-state index contributed by atoms with van der Waals surface area (Å²) >= 11 is 5.89. The van der Waals surface area contributed by atoms with Gasteiger partial charge in [0.25, 0.3) is 5.69 Å². The van der Waals surface area contributed by atoms with Crippen LogP contribution in [0.4, 0.5) is 11.4 Å². The van der Waals surface area contributed by atoms with Gasteiger partial charge in [-0.1, -0.05) is 23.7 Å². The van der Waals surface area contributed by atoms with E-state index >= 15 is 0 Å². The van der Waals surface area contributed by atoms with Crippen LogP contribution in [0.25, 0.3) is 0 Å². The molecule has 2 aliphatic rings. The Bertz CT molecular complexity index is 955. The van der Waals surface area contributed by atoms with E-state index in [1.54, 1.807) is 12.1 Å². The lowest BCUT2D eigenvalue weighted by atomic mass is 9.94. The first-order valence-corrected chi connectivity index (χ1v) is 11.8. The Morgan fingerprint density at radius 1 is 1.00 bits per heavy atom. The van der Waals surface area contributed by atoms with E-state index in [4.69, 9.17) is 16.3 Å². The lowest BCUT2D eigenvalue weighted by Crippen LogP contribution is -2.52. The van der Waals surface area contributed by atoms with Gasteiger partial charge in [0.2, 0.25) is 5.91 Å². The predicted molar refractivity (Wildman–Crippen MR) is 128 cm³/mol. The summed E-state index contributed by atoms with van der Waals surface area (Å²) in [5.74, 6) is 1.01. The second kappa shape index (κ2) is 10.9. The SMILES string of the molecule is O=C(C1CCN(c2ccccc2[N+](=O)[O-])CC1)N1CCN(CCOc2ccc(Cl)cc2)CC1. The lowest BCUT2D eigenvalue weighted by molar-refractivity contribution is -0.384. The summed E-state index contributed by atoms with van der Waals surface area (Å²) < 4.78 is 5.78. The van der Waals surface area contributed by atoms with Gasteiger partial charge in [0, 0.05) is 62.8 Å². The lowest BCUT2D eigenvalue weighted by Gasteiger charge is -2.39. The van der Waals surface area contributed by atoms with Gasteiger partial charge in [0.1, 0.15) is 18.0 Å². The molecule has 0 aromatic heterocycles. The normalized spacial score (nSPS) is 17.7. The zero-order valence-electron chi connectivity index (χ0n) is 18.6. The first-order chi connectivity index (χ1) is 16.0. The number of hydrogen-bond donors (Lipinski definition) is 0. The third-order valence-corrected chi connectivity index (χ3v) is 6.69. The van der Waals surface area contributed by atoms with Gasteiger partial charge in [-0.25, -0.2) is 0 Å². The van der Waals surface area contributed by atoms with Crippen molar-refractivity contribution < 1.29 is 14.5 Å². The van der Waals surface area contributed by atoms with Crippen molar-refractivity contribution in [1.82, 2.24) is 9.80 Å². The first-order valence-electron chi connectivity index (χ1n) is 11.4. The Labute approximate surface area is 198 Å². The van der Waals surface area contributed by atoms with Crippen LogP contribution in [0.5, 0.6) is 5.75 Å². The van der Waals surface area contributed by atoms with E-state index in [1.165, 1.54) is 6.07 Å². The number of anilines is 1. The zero-order valence-corrected chi connectivity index (χ0v) is 19.3. The quantitative estimate of drug-likeness (QED) is 0.451. The van der Waals surface area contributed by atoms with E-state index in [9.17, 15) is 14.9 Å². The number of carbonyl (C=O) groups excluding carboxylic acids is 1. The maximum atomic E-state index is 13.0. The van der Waals surface area contributed by atoms with Gasteiger partial charge in [-0.15, -0.1) is 0 Å². The van der Waals surface area contributed by atoms with Crippen LogP contribution in [0.1, 0.15) is 12.8 Å². The van der Waals surface area contributed by atoms with Crippen LogP contribution < -0.4 is 9.64 Å². The molecule has 0 unspecified atom stereocenters. The number of ether oxygens (including phenoxy) is 1. The fourth-order valence-electron chi connectivity index (χ4n) is 4.53. The molecule has 8 nitrogen and oxygen atoms in total. The van der Waals surface area contributed by atoms with Gasteiger partial charge in [-0.2, -0.15) is 0 Å². The number of halogens is 1. The van der Waals surface area contributed by atoms with Crippen molar-refractivity contribution in [3.63, 3.8) is 0 Å². The molecule has 2 aliphatic heterocycles. The maximum Gasteiger partial charge on any atom is 0.292 e. The summed E-state index contributed by atoms with van der Waals surface area (Å²) in [4.78, 5) is 30.3. The van der Waals surface area contributed by atoms with Crippen LogP contribution in [0.3, 0.4) is 0 Å². The minimum absolute atomic E-state index is 0.0104. The molecule has 0 N–H and O–H groups in total. The van der Waals surface area contributed by atoms with Crippen LogP contribution in [0.15, 0.2) is 48.5 Å². The highest BCUT2D eigenvalue weighted by Gasteiger charge is 2.31. The molecule has 4 rings (SSSR count). The number of amides is 1. The number of benzene rings is 2. The number of carbonyl (C=O) groups is 1. The Morgan fingerprint density at radius 3 is 2.33 bits per heavy atom. The fraction of sp³-hybridized carbons (Fsp3) is 0.458. The summed E-state index contributed by atoms with van der Waals surface area (Å²) in [6, 6.07) is 14.2. The third-order valence-electron chi connectivity index (χ3n) is 6.44. The number of nitrogens with zero attached hydrogens (tertiary/aromatic N) is 4. The van der Waals surface area contributed by atoms with Crippen molar-refractivity contribution in [2.24, 2.45) is 5.92 Å². The maximum absolute atomic E-state index is 13.0. The van der Waals surface area contributed by atoms with E-state index in [0.717, 1.165) is 51.3 Å². The molecule has 0 bridgehead atoms. The molecule has 0 radical (unpaired) electrons. The van der Waals surface area contributed by atoms with Gasteiger partial charge in [-0.05, 0) is 43.2 Å². The molecule has 2 fully saturated rings. The van der Waals surface area contributed by atoms with Gasteiger partial charge in [0.15, 0.2) is 0 Å². The fourth-order valence-corrected chi connectivity index (χ4v) is 4.65. The highest BCUT2D eigenvalue weighted by Crippen LogP contribution is 2.31. The number of para-hydroxylation sites is 2. The summed E-state index contributed by atoms with van der Waals surface area (Å²) in [6.07, 6.45) is 1.44. The zero-order chi connectivity index (χ0) is 23.2. The molecule has 2 aromatic carbocycles. The van der Waals surface area contributed by atoms with E-state index < -0.39 is 0 Å². The van der Waals surface area contributed by atoms with Crippen molar-refractivity contribution in [2.75, 3.05) is 57.3 Å². The van der Waals surface area contributed by atoms with Crippen LogP contribution in [0.2, 0.25) is 5.02 Å². The van der Waals surface area contributed by atoms with Gasteiger partial charge in [-0.3, -0.25) is 19.8 Å². The second-order valence-electron chi connectivity index (χ2n) is 8.48. The Balaban J connectivity index is 1.20. The molecule has 176 valence electrons. The van der Waals surface area contributed by atoms with E-state index in [0.29, 0.717) is 30.4 Å². The van der Waals surface area contributed by atoms with Gasteiger partial charge < -0.3 is 14.5 Å². The average Bonchev–Trinajstić information content (AvgIpc) is 2.85. The highest BCUT2D eigenvalue weighted by atomic mass is 35.5. The molecule has 0 aliphatic carbocycles. The van der Waals surface area contributed by atoms with Crippen molar-refractivity contribution >= 4 is 28.9 Å². The van der Waals surface area contributed by atoms with Crippen LogP contribution >= 0.6 is 11.6 Å². The Hall–Kier alpha value is -2.84. The number of nitro benzene ring substituents is 1. The first kappa shape index (κ1) is 23.3. The molecule has 0 atom stereocenters. The molecule has 33 heavy (non-hydrogen) atoms. The molecule has 0 saturated carbocycles. The third kappa shape index (κ3) is 5.94. The molecule has 2 saturated heterocycles. The number of piperidine rings is 1. The van der Waals surface area contributed by atoms with Crippen LogP contribution in [0, 0.1) is 16.0 Å². The smallest absolute Gasteiger partial charge is 0.292 e. The molecule has 9 heteroatoms. The standard InChI is InChI=1S/C24H29ClN4O4/c25-20-5-7-21(8-6-20)33-18-17-26-13-15-28(16-14-26)24(30)19-9-11-27(12-10-19)22-3-1-2-4-23(22)29(31)32/h1-8,19H,9-18H2. The average molecular weight is 473 g/mol. The van der Waals surface area contributed by atoms with Crippen LogP contribution in [-0.4, -0.2) is 73.1 Å². The van der Waals surface area contributed by atoms with Crippen molar-refractivity contribution in [3.05, 3.63) is 63.7 Å². The number of hydrogen-bond acceptors (Lipinski definition) is 6. The van der Waals surface area contributed by atoms with Crippen LogP contribution in [-0.2, 0) is 4.79 Å².